The first-order chi connectivity index (χ1) is 8.04. The summed E-state index contributed by atoms with van der Waals surface area (Å²) >= 11 is 4.61. The Labute approximate surface area is 102 Å². The van der Waals surface area contributed by atoms with E-state index in [9.17, 15) is 10.1 Å². The molecule has 1 aromatic rings. The second-order valence-electron chi connectivity index (χ2n) is 3.05. The summed E-state index contributed by atoms with van der Waals surface area (Å²) in [6.07, 6.45) is 0. The third kappa shape index (κ3) is 3.78. The monoisotopic (exact) mass is 254 g/mol. The van der Waals surface area contributed by atoms with Gasteiger partial charge in [-0.3, -0.25) is 20.7 Å². The molecule has 17 heavy (non-hydrogen) atoms. The predicted octanol–water partition coefficient (Wildman–Crippen LogP) is 1.17. The number of non-ortho nitro benzene ring substituents is 1. The lowest BCUT2D eigenvalue weighted by Gasteiger charge is -2.03. The first kappa shape index (κ1) is 13.0. The SMILES string of the molecule is C/C(=N\NC(=S)NO)c1ccc([N+](=O)[O-])cc1. The standard InChI is InChI=1S/C9H10N4O3S/c1-6(10-11-9(17)12-14)7-2-4-8(5-3-7)13(15)16/h2-5,14H,1H3,(H2,11,12,17)/b10-6+. The van der Waals surface area contributed by atoms with Crippen molar-refractivity contribution in [2.24, 2.45) is 5.10 Å². The molecule has 0 aliphatic rings. The van der Waals surface area contributed by atoms with Crippen molar-refractivity contribution in [3.05, 3.63) is 39.9 Å². The van der Waals surface area contributed by atoms with Crippen molar-refractivity contribution in [1.82, 2.24) is 10.9 Å². The van der Waals surface area contributed by atoms with Crippen LogP contribution in [0, 0.1) is 10.1 Å². The summed E-state index contributed by atoms with van der Waals surface area (Å²) in [6.45, 7) is 1.70. The van der Waals surface area contributed by atoms with Crippen molar-refractivity contribution in [2.75, 3.05) is 0 Å². The van der Waals surface area contributed by atoms with Crippen molar-refractivity contribution in [3.63, 3.8) is 0 Å². The maximum atomic E-state index is 10.4. The molecule has 0 radical (unpaired) electrons. The molecule has 90 valence electrons. The topological polar surface area (TPSA) is 99.8 Å². The number of hydrogen-bond donors (Lipinski definition) is 3. The molecule has 7 nitrogen and oxygen atoms in total. The molecular formula is C9H10N4O3S. The molecule has 0 aliphatic heterocycles. The molecule has 1 rings (SSSR count). The number of hydrazone groups is 1. The Hall–Kier alpha value is -2.06. The van der Waals surface area contributed by atoms with Gasteiger partial charge in [-0.1, -0.05) is 0 Å². The Morgan fingerprint density at radius 2 is 2.06 bits per heavy atom. The highest BCUT2D eigenvalue weighted by Crippen LogP contribution is 2.12. The highest BCUT2D eigenvalue weighted by Gasteiger charge is 2.05. The molecule has 0 bridgehead atoms. The van der Waals surface area contributed by atoms with E-state index in [2.05, 4.69) is 22.7 Å². The minimum absolute atomic E-state index is 0.0158. The van der Waals surface area contributed by atoms with Crippen molar-refractivity contribution >= 4 is 28.7 Å². The zero-order valence-electron chi connectivity index (χ0n) is 8.88. The lowest BCUT2D eigenvalue weighted by molar-refractivity contribution is -0.384. The zero-order chi connectivity index (χ0) is 12.8. The maximum Gasteiger partial charge on any atom is 0.269 e. The molecule has 0 aromatic heterocycles. The number of hydroxylamine groups is 1. The van der Waals surface area contributed by atoms with Crippen molar-refractivity contribution in [1.29, 1.82) is 0 Å². The summed E-state index contributed by atoms with van der Waals surface area (Å²) in [5.41, 5.74) is 5.42. The molecule has 1 aromatic carbocycles. The average molecular weight is 254 g/mol. The smallest absolute Gasteiger partial charge is 0.269 e. The molecule has 3 N–H and O–H groups in total. The van der Waals surface area contributed by atoms with Gasteiger partial charge < -0.3 is 0 Å². The number of nitrogens with one attached hydrogen (secondary N) is 2. The Bertz CT molecular complexity index is 458. The van der Waals surface area contributed by atoms with Crippen molar-refractivity contribution in [2.45, 2.75) is 6.92 Å². The van der Waals surface area contributed by atoms with E-state index in [4.69, 9.17) is 5.21 Å². The normalized spacial score (nSPS) is 10.8. The van der Waals surface area contributed by atoms with Crippen LogP contribution < -0.4 is 10.9 Å². The molecule has 0 unspecified atom stereocenters. The predicted molar refractivity (Wildman–Crippen MR) is 66.0 cm³/mol. The van der Waals surface area contributed by atoms with Gasteiger partial charge in [-0.15, -0.1) is 0 Å². The fourth-order valence-corrected chi connectivity index (χ4v) is 1.09. The van der Waals surface area contributed by atoms with E-state index >= 15 is 0 Å². The van der Waals surface area contributed by atoms with Crippen LogP contribution in [0.1, 0.15) is 12.5 Å². The molecular weight excluding hydrogens is 244 g/mol. The van der Waals surface area contributed by atoms with Crippen LogP contribution in [0.25, 0.3) is 0 Å². The van der Waals surface area contributed by atoms with Gasteiger partial charge in [0.15, 0.2) is 0 Å². The Morgan fingerprint density at radius 3 is 2.53 bits per heavy atom. The number of hydrogen-bond acceptors (Lipinski definition) is 5. The van der Waals surface area contributed by atoms with Crippen molar-refractivity contribution in [3.8, 4) is 0 Å². The van der Waals surface area contributed by atoms with E-state index in [1.54, 1.807) is 24.5 Å². The van der Waals surface area contributed by atoms with E-state index in [0.29, 0.717) is 11.3 Å². The van der Waals surface area contributed by atoms with Gasteiger partial charge in [0.05, 0.1) is 10.6 Å². The van der Waals surface area contributed by atoms with Gasteiger partial charge in [0, 0.05) is 12.1 Å². The minimum atomic E-state index is -0.473. The summed E-state index contributed by atoms with van der Waals surface area (Å²) in [4.78, 5) is 9.97. The van der Waals surface area contributed by atoms with E-state index in [1.807, 2.05) is 0 Å². The first-order valence-electron chi connectivity index (χ1n) is 4.54. The van der Waals surface area contributed by atoms with Crippen LogP contribution in [-0.4, -0.2) is 21.0 Å². The Morgan fingerprint density at radius 1 is 1.47 bits per heavy atom. The molecule has 0 amide bonds. The third-order valence-corrected chi connectivity index (χ3v) is 2.11. The summed E-state index contributed by atoms with van der Waals surface area (Å²) < 4.78 is 0. The van der Waals surface area contributed by atoms with Crippen LogP contribution in [0.2, 0.25) is 0 Å². The lowest BCUT2D eigenvalue weighted by Crippen LogP contribution is -2.29. The van der Waals surface area contributed by atoms with Crippen LogP contribution in [-0.2, 0) is 0 Å². The van der Waals surface area contributed by atoms with Crippen LogP contribution in [0.15, 0.2) is 29.4 Å². The molecule has 0 atom stereocenters. The van der Waals surface area contributed by atoms with Gasteiger partial charge in [-0.2, -0.15) is 5.10 Å². The van der Waals surface area contributed by atoms with Crippen molar-refractivity contribution < 1.29 is 10.1 Å². The molecule has 0 saturated heterocycles. The Kier molecular flexibility index (Phi) is 4.49. The largest absolute Gasteiger partial charge is 0.289 e. The number of nitro benzene ring substituents is 1. The number of thiocarbonyl (C=S) groups is 1. The maximum absolute atomic E-state index is 10.4. The number of nitro groups is 1. The molecule has 0 saturated carbocycles. The second-order valence-corrected chi connectivity index (χ2v) is 3.46. The molecule has 8 heteroatoms. The van der Waals surface area contributed by atoms with Crippen LogP contribution in [0.4, 0.5) is 5.69 Å². The van der Waals surface area contributed by atoms with E-state index < -0.39 is 4.92 Å². The number of rotatable bonds is 3. The fourth-order valence-electron chi connectivity index (χ4n) is 1.05. The van der Waals surface area contributed by atoms with E-state index in [0.717, 1.165) is 0 Å². The van der Waals surface area contributed by atoms with Crippen LogP contribution in [0.3, 0.4) is 0 Å². The summed E-state index contributed by atoms with van der Waals surface area (Å²) in [6, 6.07) is 5.93. The third-order valence-electron chi connectivity index (χ3n) is 1.92. The van der Waals surface area contributed by atoms with E-state index in [-0.39, 0.29) is 10.8 Å². The van der Waals surface area contributed by atoms with Gasteiger partial charge in [0.2, 0.25) is 5.11 Å². The molecule has 0 spiro atoms. The van der Waals surface area contributed by atoms with E-state index in [1.165, 1.54) is 12.1 Å². The van der Waals surface area contributed by atoms with Gasteiger partial charge in [-0.05, 0) is 36.8 Å². The fraction of sp³-hybridized carbons (Fsp3) is 0.111. The average Bonchev–Trinajstić information content (AvgIpc) is 2.35. The van der Waals surface area contributed by atoms with Gasteiger partial charge in [-0.25, -0.2) is 5.48 Å². The summed E-state index contributed by atoms with van der Waals surface area (Å²) in [5, 5.41) is 22.7. The number of nitrogens with zero attached hydrogens (tertiary/aromatic N) is 2. The highest BCUT2D eigenvalue weighted by molar-refractivity contribution is 7.80. The highest BCUT2D eigenvalue weighted by atomic mass is 32.1. The van der Waals surface area contributed by atoms with Gasteiger partial charge in [0.1, 0.15) is 0 Å². The molecule has 0 heterocycles. The minimum Gasteiger partial charge on any atom is -0.289 e. The van der Waals surface area contributed by atoms with Crippen LogP contribution >= 0.6 is 12.2 Å². The first-order valence-corrected chi connectivity index (χ1v) is 4.94. The van der Waals surface area contributed by atoms with Gasteiger partial charge in [0.25, 0.3) is 5.69 Å². The number of benzene rings is 1. The molecule has 0 aliphatic carbocycles. The van der Waals surface area contributed by atoms with Crippen LogP contribution in [0.5, 0.6) is 0 Å². The second kappa shape index (κ2) is 5.87. The summed E-state index contributed by atoms with van der Waals surface area (Å²) in [5.74, 6) is 0. The zero-order valence-corrected chi connectivity index (χ0v) is 9.69. The quantitative estimate of drug-likeness (QED) is 0.324. The molecule has 0 fully saturated rings. The summed E-state index contributed by atoms with van der Waals surface area (Å²) in [7, 11) is 0. The Balaban J connectivity index is 2.79. The lowest BCUT2D eigenvalue weighted by atomic mass is 10.1. The van der Waals surface area contributed by atoms with Gasteiger partial charge >= 0.3 is 0 Å².